The topological polar surface area (TPSA) is 41.6 Å². The first-order valence-electron chi connectivity index (χ1n) is 7.31. The van der Waals surface area contributed by atoms with Gasteiger partial charge in [0.05, 0.1) is 6.04 Å². The van der Waals surface area contributed by atoms with Crippen LogP contribution in [0.2, 0.25) is 0 Å². The Labute approximate surface area is 121 Å². The molecule has 4 nitrogen and oxygen atoms in total. The normalized spacial score (nSPS) is 22.6. The van der Waals surface area contributed by atoms with Gasteiger partial charge in [-0.3, -0.25) is 10.1 Å². The fourth-order valence-electron chi connectivity index (χ4n) is 2.60. The van der Waals surface area contributed by atoms with Gasteiger partial charge in [-0.25, -0.2) is 0 Å². The first-order chi connectivity index (χ1) is 9.67. The summed E-state index contributed by atoms with van der Waals surface area (Å²) < 4.78 is 5.08. The first kappa shape index (κ1) is 15.0. The number of hydrogen-bond donors (Lipinski definition) is 1. The smallest absolute Gasteiger partial charge is 0.241 e. The minimum Gasteiger partial charge on any atom is -0.385 e. The maximum atomic E-state index is 12.2. The van der Waals surface area contributed by atoms with Crippen LogP contribution in [0.25, 0.3) is 0 Å². The summed E-state index contributed by atoms with van der Waals surface area (Å²) in [4.78, 5) is 14.2. The van der Waals surface area contributed by atoms with Gasteiger partial charge in [0.1, 0.15) is 6.17 Å². The van der Waals surface area contributed by atoms with Crippen LogP contribution in [0, 0.1) is 0 Å². The highest BCUT2D eigenvalue weighted by Crippen LogP contribution is 2.25. The van der Waals surface area contributed by atoms with Gasteiger partial charge in [0.15, 0.2) is 0 Å². The maximum Gasteiger partial charge on any atom is 0.241 e. The number of rotatable bonds is 6. The Morgan fingerprint density at radius 3 is 2.60 bits per heavy atom. The van der Waals surface area contributed by atoms with Crippen molar-refractivity contribution in [2.45, 2.75) is 38.9 Å². The van der Waals surface area contributed by atoms with E-state index < -0.39 is 0 Å². The van der Waals surface area contributed by atoms with Crippen LogP contribution in [0.1, 0.15) is 37.6 Å². The highest BCUT2D eigenvalue weighted by Gasteiger charge is 2.36. The Bertz CT molecular complexity index is 444. The lowest BCUT2D eigenvalue weighted by atomic mass is 10.1. The molecule has 0 bridgehead atoms. The maximum absolute atomic E-state index is 12.2. The number of carbonyl (C=O) groups excluding carboxylic acids is 1. The number of hydrogen-bond acceptors (Lipinski definition) is 3. The van der Waals surface area contributed by atoms with Crippen LogP contribution in [0.3, 0.4) is 0 Å². The Kier molecular flexibility index (Phi) is 5.15. The van der Waals surface area contributed by atoms with Gasteiger partial charge >= 0.3 is 0 Å². The van der Waals surface area contributed by atoms with Crippen molar-refractivity contribution in [2.75, 3.05) is 20.3 Å². The standard InChI is InChI=1S/C16H24N2O2/c1-4-13-6-8-14(9-7-13)15-17-12(2)16(19)18(15)10-5-11-20-3/h6-9,12,15,17H,4-5,10-11H2,1-3H3. The molecule has 0 radical (unpaired) electrons. The fraction of sp³-hybridized carbons (Fsp3) is 0.562. The summed E-state index contributed by atoms with van der Waals surface area (Å²) in [7, 11) is 1.69. The molecule has 2 atom stereocenters. The van der Waals surface area contributed by atoms with E-state index in [9.17, 15) is 4.79 Å². The predicted molar refractivity (Wildman–Crippen MR) is 79.4 cm³/mol. The molecule has 0 aliphatic carbocycles. The van der Waals surface area contributed by atoms with E-state index in [1.165, 1.54) is 5.56 Å². The summed E-state index contributed by atoms with van der Waals surface area (Å²) in [5, 5.41) is 3.37. The molecular weight excluding hydrogens is 252 g/mol. The van der Waals surface area contributed by atoms with E-state index >= 15 is 0 Å². The Morgan fingerprint density at radius 1 is 1.30 bits per heavy atom. The molecule has 1 aliphatic heterocycles. The number of amides is 1. The Morgan fingerprint density at radius 2 is 2.00 bits per heavy atom. The van der Waals surface area contributed by atoms with E-state index in [0.29, 0.717) is 6.61 Å². The molecule has 1 saturated heterocycles. The monoisotopic (exact) mass is 276 g/mol. The van der Waals surface area contributed by atoms with Gasteiger partial charge in [-0.2, -0.15) is 0 Å². The average Bonchev–Trinajstić information content (AvgIpc) is 2.76. The zero-order chi connectivity index (χ0) is 14.5. The van der Waals surface area contributed by atoms with Crippen molar-refractivity contribution in [3.63, 3.8) is 0 Å². The lowest BCUT2D eigenvalue weighted by Crippen LogP contribution is -2.32. The van der Waals surface area contributed by atoms with Crippen molar-refractivity contribution < 1.29 is 9.53 Å². The highest BCUT2D eigenvalue weighted by molar-refractivity contribution is 5.84. The third-order valence-corrected chi connectivity index (χ3v) is 3.82. The van der Waals surface area contributed by atoms with Gasteiger partial charge in [-0.05, 0) is 30.9 Å². The van der Waals surface area contributed by atoms with Crippen molar-refractivity contribution in [3.8, 4) is 0 Å². The van der Waals surface area contributed by atoms with E-state index in [1.54, 1.807) is 7.11 Å². The number of methoxy groups -OCH3 is 1. The lowest BCUT2D eigenvalue weighted by Gasteiger charge is -2.24. The molecule has 2 unspecified atom stereocenters. The lowest BCUT2D eigenvalue weighted by molar-refractivity contribution is -0.130. The van der Waals surface area contributed by atoms with E-state index in [4.69, 9.17) is 4.74 Å². The summed E-state index contributed by atoms with van der Waals surface area (Å²) in [6.45, 7) is 5.47. The summed E-state index contributed by atoms with van der Waals surface area (Å²) >= 11 is 0. The van der Waals surface area contributed by atoms with Crippen LogP contribution in [-0.4, -0.2) is 37.1 Å². The van der Waals surface area contributed by atoms with Crippen LogP contribution >= 0.6 is 0 Å². The van der Waals surface area contributed by atoms with Gasteiger partial charge < -0.3 is 9.64 Å². The van der Waals surface area contributed by atoms with Crippen LogP contribution in [0.5, 0.6) is 0 Å². The number of carbonyl (C=O) groups is 1. The summed E-state index contributed by atoms with van der Waals surface area (Å²) in [5.41, 5.74) is 2.47. The molecule has 1 amide bonds. The largest absolute Gasteiger partial charge is 0.385 e. The minimum absolute atomic E-state index is 0.0136. The van der Waals surface area contributed by atoms with Gasteiger partial charge in [-0.1, -0.05) is 31.2 Å². The third-order valence-electron chi connectivity index (χ3n) is 3.82. The number of benzene rings is 1. The Balaban J connectivity index is 2.12. The highest BCUT2D eigenvalue weighted by atomic mass is 16.5. The first-order valence-corrected chi connectivity index (χ1v) is 7.31. The predicted octanol–water partition coefficient (Wildman–Crippen LogP) is 2.10. The van der Waals surface area contributed by atoms with E-state index in [2.05, 4.69) is 36.5 Å². The molecule has 1 N–H and O–H groups in total. The summed E-state index contributed by atoms with van der Waals surface area (Å²) in [6.07, 6.45) is 1.88. The molecule has 4 heteroatoms. The number of nitrogens with one attached hydrogen (secondary N) is 1. The quantitative estimate of drug-likeness (QED) is 0.809. The molecule has 0 spiro atoms. The molecule has 2 rings (SSSR count). The average molecular weight is 276 g/mol. The SMILES string of the molecule is CCc1ccc(C2NC(C)C(=O)N2CCCOC)cc1. The molecule has 0 saturated carbocycles. The fourth-order valence-corrected chi connectivity index (χ4v) is 2.60. The van der Waals surface area contributed by atoms with Gasteiger partial charge in [0.25, 0.3) is 0 Å². The van der Waals surface area contributed by atoms with Crippen LogP contribution in [-0.2, 0) is 16.0 Å². The van der Waals surface area contributed by atoms with Crippen LogP contribution in [0.4, 0.5) is 0 Å². The Hall–Kier alpha value is -1.39. The number of aryl methyl sites for hydroxylation is 1. The van der Waals surface area contributed by atoms with Gasteiger partial charge in [0.2, 0.25) is 5.91 Å². The zero-order valence-corrected chi connectivity index (χ0v) is 12.6. The molecule has 20 heavy (non-hydrogen) atoms. The number of nitrogens with zero attached hydrogens (tertiary/aromatic N) is 1. The molecule has 110 valence electrons. The minimum atomic E-state index is -0.117. The molecule has 0 aromatic heterocycles. The van der Waals surface area contributed by atoms with Crippen molar-refractivity contribution >= 4 is 5.91 Å². The van der Waals surface area contributed by atoms with Gasteiger partial charge in [-0.15, -0.1) is 0 Å². The summed E-state index contributed by atoms with van der Waals surface area (Å²) in [5.74, 6) is 0.172. The molecule has 1 heterocycles. The molecular formula is C16H24N2O2. The van der Waals surface area contributed by atoms with E-state index in [1.807, 2.05) is 11.8 Å². The second kappa shape index (κ2) is 6.86. The zero-order valence-electron chi connectivity index (χ0n) is 12.6. The number of ether oxygens (including phenoxy) is 1. The van der Waals surface area contributed by atoms with Crippen LogP contribution < -0.4 is 5.32 Å². The van der Waals surface area contributed by atoms with Crippen molar-refractivity contribution in [1.82, 2.24) is 10.2 Å². The van der Waals surface area contributed by atoms with E-state index in [0.717, 1.165) is 24.9 Å². The van der Waals surface area contributed by atoms with Gasteiger partial charge in [0, 0.05) is 20.3 Å². The molecule has 1 fully saturated rings. The van der Waals surface area contributed by atoms with Crippen molar-refractivity contribution in [3.05, 3.63) is 35.4 Å². The third kappa shape index (κ3) is 3.19. The second-order valence-electron chi connectivity index (χ2n) is 5.26. The van der Waals surface area contributed by atoms with Crippen LogP contribution in [0.15, 0.2) is 24.3 Å². The summed E-state index contributed by atoms with van der Waals surface area (Å²) in [6, 6.07) is 8.39. The van der Waals surface area contributed by atoms with E-state index in [-0.39, 0.29) is 18.1 Å². The molecule has 1 aromatic carbocycles. The molecule has 1 aromatic rings. The van der Waals surface area contributed by atoms with Crippen molar-refractivity contribution in [2.24, 2.45) is 0 Å². The second-order valence-corrected chi connectivity index (χ2v) is 5.26. The molecule has 1 aliphatic rings. The van der Waals surface area contributed by atoms with Crippen molar-refractivity contribution in [1.29, 1.82) is 0 Å².